The zero-order valence-corrected chi connectivity index (χ0v) is 14.7. The summed E-state index contributed by atoms with van der Waals surface area (Å²) >= 11 is 0. The van der Waals surface area contributed by atoms with Crippen molar-refractivity contribution in [2.75, 3.05) is 31.4 Å². The molecule has 0 aliphatic rings. The van der Waals surface area contributed by atoms with Gasteiger partial charge in [0.15, 0.2) is 0 Å². The molecule has 3 rings (SSSR count). The number of halogens is 3. The summed E-state index contributed by atoms with van der Waals surface area (Å²) in [6, 6.07) is 7.34. The Balaban J connectivity index is 1.88. The van der Waals surface area contributed by atoms with E-state index in [1.165, 1.54) is 18.2 Å². The molecule has 2 aromatic heterocycles. The fraction of sp³-hybridized carbons (Fsp3) is 0.294. The number of pyridine rings is 1. The Kier molecular flexibility index (Phi) is 5.36. The monoisotopic (exact) mass is 381 g/mol. The Hall–Kier alpha value is -3.01. The SMILES string of the molecule is CNc1nc2cnc(Nc3cccc(OC(F)(F)F)c3)cc2n1CCOC. The van der Waals surface area contributed by atoms with Crippen LogP contribution in [0.1, 0.15) is 0 Å². The lowest BCUT2D eigenvalue weighted by molar-refractivity contribution is -0.274. The number of alkyl halides is 3. The van der Waals surface area contributed by atoms with E-state index in [9.17, 15) is 13.2 Å². The van der Waals surface area contributed by atoms with Crippen LogP contribution in [0.5, 0.6) is 5.75 Å². The summed E-state index contributed by atoms with van der Waals surface area (Å²) in [6.07, 6.45) is -3.15. The van der Waals surface area contributed by atoms with Gasteiger partial charge in [0, 0.05) is 38.5 Å². The molecule has 0 aliphatic heterocycles. The van der Waals surface area contributed by atoms with Crippen molar-refractivity contribution in [3.8, 4) is 5.75 Å². The van der Waals surface area contributed by atoms with Gasteiger partial charge in [-0.15, -0.1) is 13.2 Å². The van der Waals surface area contributed by atoms with Gasteiger partial charge in [-0.3, -0.25) is 0 Å². The van der Waals surface area contributed by atoms with E-state index in [1.54, 1.807) is 32.5 Å². The van der Waals surface area contributed by atoms with E-state index in [0.29, 0.717) is 36.1 Å². The standard InChI is InChI=1S/C17H18F3N5O2/c1-21-16-24-13-10-22-15(9-14(13)25(16)6-7-26-2)23-11-4-3-5-12(8-11)27-17(18,19)20/h3-5,8-10H,6-7H2,1-2H3,(H,21,24)(H,22,23). The highest BCUT2D eigenvalue weighted by atomic mass is 19.4. The number of nitrogens with zero attached hydrogens (tertiary/aromatic N) is 3. The van der Waals surface area contributed by atoms with Gasteiger partial charge in [0.1, 0.15) is 17.1 Å². The van der Waals surface area contributed by atoms with Crippen molar-refractivity contribution in [1.82, 2.24) is 14.5 Å². The van der Waals surface area contributed by atoms with E-state index >= 15 is 0 Å². The normalized spacial score (nSPS) is 11.6. The van der Waals surface area contributed by atoms with Crippen molar-refractivity contribution in [2.45, 2.75) is 12.9 Å². The maximum Gasteiger partial charge on any atom is 0.573 e. The van der Waals surface area contributed by atoms with Crippen LogP contribution in [-0.4, -0.2) is 41.7 Å². The van der Waals surface area contributed by atoms with Crippen molar-refractivity contribution in [2.24, 2.45) is 0 Å². The first-order valence-corrected chi connectivity index (χ1v) is 8.05. The van der Waals surface area contributed by atoms with E-state index < -0.39 is 6.36 Å². The van der Waals surface area contributed by atoms with Crippen LogP contribution in [0.2, 0.25) is 0 Å². The molecule has 0 spiro atoms. The van der Waals surface area contributed by atoms with Gasteiger partial charge in [-0.05, 0) is 12.1 Å². The third kappa shape index (κ3) is 4.59. The number of methoxy groups -OCH3 is 1. The van der Waals surface area contributed by atoms with Crippen LogP contribution in [0.15, 0.2) is 36.5 Å². The van der Waals surface area contributed by atoms with Crippen LogP contribution in [0.3, 0.4) is 0 Å². The Bertz CT molecular complexity index is 927. The van der Waals surface area contributed by atoms with Crippen molar-refractivity contribution >= 4 is 28.5 Å². The molecule has 0 amide bonds. The molecule has 0 fully saturated rings. The zero-order chi connectivity index (χ0) is 19.4. The number of fused-ring (bicyclic) bond motifs is 1. The van der Waals surface area contributed by atoms with Crippen LogP contribution < -0.4 is 15.4 Å². The first kappa shape index (κ1) is 18.8. The third-order valence-corrected chi connectivity index (χ3v) is 3.72. The Morgan fingerprint density at radius 3 is 2.74 bits per heavy atom. The van der Waals surface area contributed by atoms with E-state index in [-0.39, 0.29) is 5.75 Å². The highest BCUT2D eigenvalue weighted by molar-refractivity contribution is 5.81. The Morgan fingerprint density at radius 2 is 2.04 bits per heavy atom. The molecule has 144 valence electrons. The van der Waals surface area contributed by atoms with Gasteiger partial charge in [-0.1, -0.05) is 6.07 Å². The first-order valence-electron chi connectivity index (χ1n) is 8.05. The van der Waals surface area contributed by atoms with Gasteiger partial charge < -0.3 is 24.7 Å². The number of rotatable bonds is 7. The molecule has 0 atom stereocenters. The largest absolute Gasteiger partial charge is 0.573 e. The molecule has 0 saturated heterocycles. The molecule has 0 bridgehead atoms. The first-order chi connectivity index (χ1) is 12.9. The molecule has 1 aromatic carbocycles. The number of benzene rings is 1. The van der Waals surface area contributed by atoms with Gasteiger partial charge in [-0.25, -0.2) is 9.97 Å². The smallest absolute Gasteiger partial charge is 0.406 e. The topological polar surface area (TPSA) is 73.2 Å². The number of imidazole rings is 1. The fourth-order valence-corrected chi connectivity index (χ4v) is 2.62. The van der Waals surface area contributed by atoms with Crippen LogP contribution in [0.25, 0.3) is 11.0 Å². The predicted octanol–water partition coefficient (Wildman–Crippen LogP) is 3.76. The number of hydrogen-bond donors (Lipinski definition) is 2. The van der Waals surface area contributed by atoms with Crippen molar-refractivity contribution in [3.05, 3.63) is 36.5 Å². The molecule has 0 unspecified atom stereocenters. The van der Waals surface area contributed by atoms with Gasteiger partial charge in [0.25, 0.3) is 0 Å². The summed E-state index contributed by atoms with van der Waals surface area (Å²) in [7, 11) is 3.38. The highest BCUT2D eigenvalue weighted by Crippen LogP contribution is 2.27. The molecule has 0 aliphatic carbocycles. The van der Waals surface area contributed by atoms with Crippen LogP contribution in [0, 0.1) is 0 Å². The van der Waals surface area contributed by atoms with Gasteiger partial charge in [0.05, 0.1) is 18.3 Å². The molecule has 2 heterocycles. The highest BCUT2D eigenvalue weighted by Gasteiger charge is 2.31. The molecule has 27 heavy (non-hydrogen) atoms. The lowest BCUT2D eigenvalue weighted by Crippen LogP contribution is -2.17. The summed E-state index contributed by atoms with van der Waals surface area (Å²) in [5.74, 6) is 0.825. The Labute approximate surface area is 153 Å². The van der Waals surface area contributed by atoms with Crippen molar-refractivity contribution in [3.63, 3.8) is 0 Å². The minimum absolute atomic E-state index is 0.309. The molecule has 0 radical (unpaired) electrons. The maximum atomic E-state index is 12.4. The van der Waals surface area contributed by atoms with Gasteiger partial charge in [-0.2, -0.15) is 0 Å². The van der Waals surface area contributed by atoms with E-state index in [1.807, 2.05) is 4.57 Å². The van der Waals surface area contributed by atoms with Crippen molar-refractivity contribution < 1.29 is 22.6 Å². The molecular formula is C17H18F3N5O2. The number of ether oxygens (including phenoxy) is 2. The number of anilines is 3. The van der Waals surface area contributed by atoms with E-state index in [0.717, 1.165) is 5.52 Å². The molecule has 0 saturated carbocycles. The van der Waals surface area contributed by atoms with Crippen molar-refractivity contribution in [1.29, 1.82) is 0 Å². The quantitative estimate of drug-likeness (QED) is 0.649. The van der Waals surface area contributed by atoms with E-state index in [4.69, 9.17) is 4.74 Å². The minimum Gasteiger partial charge on any atom is -0.406 e. The second kappa shape index (κ2) is 7.70. The summed E-state index contributed by atoms with van der Waals surface area (Å²) in [5.41, 5.74) is 1.92. The lowest BCUT2D eigenvalue weighted by atomic mass is 10.3. The molecule has 2 N–H and O–H groups in total. The second-order valence-electron chi connectivity index (χ2n) is 5.59. The minimum atomic E-state index is -4.74. The summed E-state index contributed by atoms with van der Waals surface area (Å²) in [6.45, 7) is 1.09. The molecule has 7 nitrogen and oxygen atoms in total. The van der Waals surface area contributed by atoms with Gasteiger partial charge in [0.2, 0.25) is 5.95 Å². The average molecular weight is 381 g/mol. The predicted molar refractivity (Wildman–Crippen MR) is 95.4 cm³/mol. The summed E-state index contributed by atoms with van der Waals surface area (Å²) in [4.78, 5) is 8.71. The number of aromatic nitrogens is 3. The zero-order valence-electron chi connectivity index (χ0n) is 14.7. The van der Waals surface area contributed by atoms with Crippen LogP contribution >= 0.6 is 0 Å². The van der Waals surface area contributed by atoms with Crippen LogP contribution in [0.4, 0.5) is 30.6 Å². The number of nitrogens with one attached hydrogen (secondary N) is 2. The second-order valence-corrected chi connectivity index (χ2v) is 5.59. The van der Waals surface area contributed by atoms with Gasteiger partial charge >= 0.3 is 6.36 Å². The van der Waals surface area contributed by atoms with Crippen LogP contribution in [-0.2, 0) is 11.3 Å². The molecular weight excluding hydrogens is 363 g/mol. The van der Waals surface area contributed by atoms with E-state index in [2.05, 4.69) is 25.3 Å². The maximum absolute atomic E-state index is 12.4. The summed E-state index contributed by atoms with van der Waals surface area (Å²) in [5, 5.41) is 6.00. The Morgan fingerprint density at radius 1 is 1.22 bits per heavy atom. The average Bonchev–Trinajstić information content (AvgIpc) is 2.96. The lowest BCUT2D eigenvalue weighted by Gasteiger charge is -2.11. The molecule has 10 heteroatoms. The number of hydrogen-bond acceptors (Lipinski definition) is 6. The fourth-order valence-electron chi connectivity index (χ4n) is 2.62. The molecule has 3 aromatic rings. The third-order valence-electron chi connectivity index (χ3n) is 3.72. The summed E-state index contributed by atoms with van der Waals surface area (Å²) < 4.78 is 48.1.